The van der Waals surface area contributed by atoms with Crippen molar-refractivity contribution < 1.29 is 34.2 Å². The van der Waals surface area contributed by atoms with Crippen molar-refractivity contribution in [2.45, 2.75) is 52.6 Å². The van der Waals surface area contributed by atoms with Crippen LogP contribution in [0.25, 0.3) is 33.8 Å². The van der Waals surface area contributed by atoms with Crippen molar-refractivity contribution in [2.24, 2.45) is 0 Å². The molecule has 0 unspecified atom stereocenters. The second-order valence-corrected chi connectivity index (χ2v) is 9.82. The van der Waals surface area contributed by atoms with Crippen LogP contribution in [0.5, 0.6) is 0 Å². The van der Waals surface area contributed by atoms with Crippen molar-refractivity contribution in [1.82, 2.24) is 30.1 Å². The van der Waals surface area contributed by atoms with Crippen LogP contribution in [-0.2, 0) is 27.2 Å². The third kappa shape index (κ3) is 7.94. The molecule has 0 N–H and O–H groups in total. The Balaban J connectivity index is 0.000000276. The van der Waals surface area contributed by atoms with Crippen LogP contribution >= 0.6 is 0 Å². The molecular weight excluding hydrogens is 708 g/mol. The minimum Gasteiger partial charge on any atom is -0.573 e. The van der Waals surface area contributed by atoms with E-state index in [2.05, 4.69) is 82.2 Å². The third-order valence-electron chi connectivity index (χ3n) is 6.17. The number of rotatable bonds is 5. The molecule has 0 amide bonds. The molecule has 41 heavy (non-hydrogen) atoms. The zero-order valence-corrected chi connectivity index (χ0v) is 25.5. The van der Waals surface area contributed by atoms with Gasteiger partial charge in [0, 0.05) is 23.9 Å². The number of halogens is 3. The van der Waals surface area contributed by atoms with Gasteiger partial charge in [0.2, 0.25) is 0 Å². The molecule has 10 heteroatoms. The van der Waals surface area contributed by atoms with Gasteiger partial charge in [0.05, 0.1) is 0 Å². The van der Waals surface area contributed by atoms with Gasteiger partial charge < -0.3 is 25.1 Å². The maximum atomic E-state index is 12.8. The van der Waals surface area contributed by atoms with Gasteiger partial charge in [0.25, 0.3) is 0 Å². The number of aromatic nitrogens is 6. The zero-order chi connectivity index (χ0) is 28.9. The molecule has 0 aliphatic rings. The Hall–Kier alpha value is -3.71. The molecule has 0 spiro atoms. The fraction of sp³-hybridized carbons (Fsp3) is 0.258. The number of aryl methyl sites for hydroxylation is 1. The largest absolute Gasteiger partial charge is 2.00 e. The summed E-state index contributed by atoms with van der Waals surface area (Å²) < 4.78 is 38.5. The number of nitrogens with zero attached hydrogens (tertiary/aromatic N) is 6. The third-order valence-corrected chi connectivity index (χ3v) is 6.17. The maximum Gasteiger partial charge on any atom is 2.00 e. The van der Waals surface area contributed by atoms with Crippen molar-refractivity contribution in [2.75, 3.05) is 0 Å². The van der Waals surface area contributed by atoms with E-state index in [0.717, 1.165) is 34.3 Å². The summed E-state index contributed by atoms with van der Waals surface area (Å²) in [6.07, 6.45) is 3.43. The van der Waals surface area contributed by atoms with Crippen molar-refractivity contribution in [3.63, 3.8) is 0 Å². The Morgan fingerprint density at radius 2 is 1.49 bits per heavy atom. The van der Waals surface area contributed by atoms with Crippen molar-refractivity contribution in [1.29, 1.82) is 0 Å². The van der Waals surface area contributed by atoms with Gasteiger partial charge in [-0.15, -0.1) is 0 Å². The molecule has 0 fully saturated rings. The predicted octanol–water partition coefficient (Wildman–Crippen LogP) is 7.68. The predicted molar refractivity (Wildman–Crippen MR) is 148 cm³/mol. The number of hydrogen-bond donors (Lipinski definition) is 0. The second-order valence-electron chi connectivity index (χ2n) is 9.82. The van der Waals surface area contributed by atoms with Crippen LogP contribution in [0, 0.1) is 13.1 Å². The molecule has 0 bridgehead atoms. The summed E-state index contributed by atoms with van der Waals surface area (Å²) in [5.74, 6) is 1.34. The first-order valence-electron chi connectivity index (χ1n) is 12.8. The first kappa shape index (κ1) is 31.8. The molecule has 4 aromatic heterocycles. The van der Waals surface area contributed by atoms with Crippen molar-refractivity contribution >= 4 is 0 Å². The van der Waals surface area contributed by atoms with Gasteiger partial charge >= 0.3 is 27.2 Å². The normalized spacial score (nSPS) is 11.2. The van der Waals surface area contributed by atoms with E-state index in [1.807, 2.05) is 31.2 Å². The summed E-state index contributed by atoms with van der Waals surface area (Å²) in [6.45, 7) is 10.3. The van der Waals surface area contributed by atoms with E-state index >= 15 is 0 Å². The Bertz CT molecular complexity index is 1520. The molecule has 214 valence electrons. The average Bonchev–Trinajstić information content (AvgIpc) is 3.45. The van der Waals surface area contributed by atoms with Crippen LogP contribution in [-0.4, -0.2) is 25.0 Å². The van der Waals surface area contributed by atoms with E-state index in [9.17, 15) is 13.2 Å². The number of pyridine rings is 2. The summed E-state index contributed by atoms with van der Waals surface area (Å²) in [5, 5.41) is 6.91. The molecule has 5 aromatic rings. The summed E-state index contributed by atoms with van der Waals surface area (Å²) in [6, 6.07) is 16.6. The van der Waals surface area contributed by atoms with Gasteiger partial charge in [-0.1, -0.05) is 75.5 Å². The van der Waals surface area contributed by atoms with E-state index in [1.165, 1.54) is 11.1 Å². The van der Waals surface area contributed by atoms with Gasteiger partial charge in [0.1, 0.15) is 5.69 Å². The van der Waals surface area contributed by atoms with Gasteiger partial charge in [0.15, 0.2) is 0 Å². The van der Waals surface area contributed by atoms with E-state index in [4.69, 9.17) is 0 Å². The molecular formula is C31H29F3N6Pt. The molecule has 0 atom stereocenters. The van der Waals surface area contributed by atoms with Crippen LogP contribution in [0.15, 0.2) is 73.2 Å². The summed E-state index contributed by atoms with van der Waals surface area (Å²) in [7, 11) is 0. The van der Waals surface area contributed by atoms with Crippen molar-refractivity contribution in [3.05, 3.63) is 102 Å². The van der Waals surface area contributed by atoms with Crippen LogP contribution in [0.4, 0.5) is 13.2 Å². The Morgan fingerprint density at radius 3 is 2.02 bits per heavy atom. The molecule has 6 nitrogen and oxygen atoms in total. The van der Waals surface area contributed by atoms with E-state index < -0.39 is 11.9 Å². The minimum atomic E-state index is -4.52. The first-order chi connectivity index (χ1) is 19.0. The van der Waals surface area contributed by atoms with E-state index in [1.54, 1.807) is 24.7 Å². The monoisotopic (exact) mass is 737 g/mol. The standard InChI is InChI=1S/C21H21F3N3.C10H8N3.Pt/c1-12(2)15-6-5-7-16(13(3)4)20(15)14-8-9-25-17(10-14)18-11-19(27-26-18)21(22,23)24;1-8-12-6-9(7-13-8)10-4-2-3-5-11-10;/h5-13H,1-4H3;2-6H,1H3;/q2*-1;+2. The van der Waals surface area contributed by atoms with Crippen LogP contribution in [0.2, 0.25) is 0 Å². The summed E-state index contributed by atoms with van der Waals surface area (Å²) in [5.41, 5.74) is 5.60. The van der Waals surface area contributed by atoms with Crippen LogP contribution in [0.3, 0.4) is 0 Å². The SMILES string of the molecule is CC(C)c1cccc(C(C)C)c1-c1ccnc(-c2cc(C(F)(F)F)n[n-]2)c1.Cc1n[c-]c(-c2ccccn2)cn1.[Pt+2]. The van der Waals surface area contributed by atoms with Crippen LogP contribution in [0.1, 0.15) is 62.2 Å². The van der Waals surface area contributed by atoms with Crippen LogP contribution < -0.4 is 5.10 Å². The molecule has 0 aliphatic heterocycles. The van der Waals surface area contributed by atoms with E-state index in [-0.39, 0.29) is 26.8 Å². The Morgan fingerprint density at radius 1 is 0.805 bits per heavy atom. The van der Waals surface area contributed by atoms with Gasteiger partial charge in [-0.25, -0.2) is 0 Å². The quantitative estimate of drug-likeness (QED) is 0.172. The number of benzene rings is 1. The van der Waals surface area contributed by atoms with Gasteiger partial charge in [-0.05, 0) is 77.2 Å². The topological polar surface area (TPSA) is 78.5 Å². The molecule has 0 aliphatic carbocycles. The minimum absolute atomic E-state index is 0. The van der Waals surface area contributed by atoms with Gasteiger partial charge in [-0.3, -0.25) is 4.98 Å². The molecule has 0 saturated carbocycles. The Kier molecular flexibility index (Phi) is 10.7. The molecule has 0 radical (unpaired) electrons. The molecule has 5 rings (SSSR count). The van der Waals surface area contributed by atoms with Gasteiger partial charge in [-0.2, -0.15) is 13.2 Å². The fourth-order valence-corrected chi connectivity index (χ4v) is 4.17. The summed E-state index contributed by atoms with van der Waals surface area (Å²) in [4.78, 5) is 16.4. The summed E-state index contributed by atoms with van der Waals surface area (Å²) >= 11 is 0. The Labute approximate surface area is 252 Å². The van der Waals surface area contributed by atoms with Crippen molar-refractivity contribution in [3.8, 4) is 33.8 Å². The average molecular weight is 738 g/mol. The smallest absolute Gasteiger partial charge is 0.573 e. The number of alkyl halides is 3. The number of hydrogen-bond acceptors (Lipinski definition) is 5. The zero-order valence-electron chi connectivity index (χ0n) is 23.2. The fourth-order valence-electron chi connectivity index (χ4n) is 4.17. The molecule has 0 saturated heterocycles. The van der Waals surface area contributed by atoms with E-state index in [0.29, 0.717) is 17.5 Å². The second kappa shape index (κ2) is 13.8. The molecule has 1 aromatic carbocycles. The first-order valence-corrected chi connectivity index (χ1v) is 12.8. The maximum absolute atomic E-state index is 12.8. The molecule has 4 heterocycles.